The fourth-order valence-corrected chi connectivity index (χ4v) is 21.3. The highest BCUT2D eigenvalue weighted by Crippen LogP contribution is 2.46. The van der Waals surface area contributed by atoms with Crippen LogP contribution in [0.25, 0.3) is 22.3 Å². The lowest BCUT2D eigenvalue weighted by Crippen LogP contribution is -2.25. The molecule has 0 aliphatic heterocycles. The Morgan fingerprint density at radius 2 is 0.642 bits per heavy atom. The summed E-state index contributed by atoms with van der Waals surface area (Å²) in [7, 11) is 0. The predicted octanol–water partition coefficient (Wildman–Crippen LogP) is 34.0. The summed E-state index contributed by atoms with van der Waals surface area (Å²) in [6, 6.07) is 38.2. The molecule has 0 amide bonds. The van der Waals surface area contributed by atoms with Crippen molar-refractivity contribution >= 4 is 0 Å². The first-order valence-corrected chi connectivity index (χ1v) is 47.6. The second-order valence-electron chi connectivity index (χ2n) is 36.6. The highest BCUT2D eigenvalue weighted by Gasteiger charge is 2.33. The minimum Gasteiger partial charge on any atom is -0.494 e. The summed E-state index contributed by atoms with van der Waals surface area (Å²) >= 11 is 0. The summed E-state index contributed by atoms with van der Waals surface area (Å²) in [5.74, 6) is 12.8. The van der Waals surface area contributed by atoms with E-state index in [-0.39, 0.29) is 5.92 Å². The second kappa shape index (κ2) is 52.1. The van der Waals surface area contributed by atoms with Gasteiger partial charge >= 0.3 is 0 Å². The van der Waals surface area contributed by atoms with E-state index < -0.39 is 11.6 Å². The van der Waals surface area contributed by atoms with Gasteiger partial charge in [-0.1, -0.05) is 345 Å². The maximum Gasteiger partial charge on any atom is 0.166 e. The van der Waals surface area contributed by atoms with Gasteiger partial charge in [0.2, 0.25) is 0 Å². The number of hydrogen-bond donors (Lipinski definition) is 0. The Morgan fingerprint density at radius 1 is 0.294 bits per heavy atom. The quantitative estimate of drug-likeness (QED) is 0.0317. The number of halogens is 2. The van der Waals surface area contributed by atoms with Crippen LogP contribution in [0, 0.1) is 82.6 Å². The van der Waals surface area contributed by atoms with Crippen LogP contribution in [0.3, 0.4) is 0 Å². The largest absolute Gasteiger partial charge is 0.494 e. The molecule has 7 fully saturated rings. The average Bonchev–Trinajstić information content (AvgIpc) is 0.802. The highest BCUT2D eigenvalue weighted by atomic mass is 19.2. The molecule has 7 saturated carbocycles. The van der Waals surface area contributed by atoms with Gasteiger partial charge in [-0.25, -0.2) is 8.78 Å². The van der Waals surface area contributed by atoms with Gasteiger partial charge in [-0.15, -0.1) is 0 Å². The van der Waals surface area contributed by atoms with Crippen molar-refractivity contribution in [1.82, 2.24) is 0 Å². The van der Waals surface area contributed by atoms with Gasteiger partial charge in [0, 0.05) is 5.56 Å². The fraction of sp³-hybridized carbons (Fsp3) is 0.698. The van der Waals surface area contributed by atoms with Crippen LogP contribution in [0.1, 0.15) is 404 Å². The first-order valence-electron chi connectivity index (χ1n) is 47.6. The second-order valence-corrected chi connectivity index (χ2v) is 36.6. The molecule has 0 unspecified atom stereocenters. The van der Waals surface area contributed by atoms with E-state index in [4.69, 9.17) is 4.74 Å². The van der Waals surface area contributed by atoms with Crippen molar-refractivity contribution < 1.29 is 13.5 Å². The standard InChI is InChI=1S/C24H30F2.C23H36O.C20H38.C20H36.C19H24/c1-3-5-6-18-9-13-20(14-10-18)22-16-15-21(23(25)24(22)26)19-11-7-17(4-2)8-12-19;1-3-5-18-6-8-19(9-7-18)20-10-12-21(13-11-20)22-14-16-23(17-15-22)24-4-2;2*1-3-5-17-7-11-19(12-8-17)15-16-20-13-9-18(6-4-2)10-14-20;1-3-5-6-7-17-10-14-19(15-11-17)18-12-8-16(4-2)9-13-18/h7-8,11-12,15-16,18,20H,3-6,9-10,13-14H2,1-2H3;14-21H,3-13H2,1-2H3;17-20H,3-16H2,1-2H3;15-20H,3-14H2,1-2H3;8-15H,3-7H2,1-2H3/b;;;16-15+;. The molecule has 0 bridgehead atoms. The Bertz CT molecular complexity index is 3050. The molecule has 109 heavy (non-hydrogen) atoms. The molecule has 608 valence electrons. The zero-order valence-electron chi connectivity index (χ0n) is 72.1. The molecule has 0 heterocycles. The summed E-state index contributed by atoms with van der Waals surface area (Å²) in [4.78, 5) is 0. The van der Waals surface area contributed by atoms with E-state index in [9.17, 15) is 8.78 Å². The van der Waals surface area contributed by atoms with Gasteiger partial charge in [-0.05, 0) is 288 Å². The van der Waals surface area contributed by atoms with Crippen molar-refractivity contribution in [2.75, 3.05) is 6.61 Å². The van der Waals surface area contributed by atoms with Crippen LogP contribution in [0.15, 0.2) is 121 Å². The number of aryl methyl sites for hydroxylation is 3. The molecule has 12 rings (SSSR count). The summed E-state index contributed by atoms with van der Waals surface area (Å²) < 4.78 is 35.1. The van der Waals surface area contributed by atoms with Crippen LogP contribution in [-0.4, -0.2) is 6.61 Å². The molecule has 5 aromatic rings. The summed E-state index contributed by atoms with van der Waals surface area (Å²) in [6.45, 7) is 23.3. The molecule has 0 aromatic heterocycles. The van der Waals surface area contributed by atoms with E-state index in [1.54, 1.807) is 70.3 Å². The molecule has 1 nitrogen and oxygen atoms in total. The summed E-state index contributed by atoms with van der Waals surface area (Å²) in [5.41, 5.74) is 9.92. The molecule has 0 radical (unpaired) electrons. The van der Waals surface area contributed by atoms with Crippen LogP contribution in [0.4, 0.5) is 8.78 Å². The lowest BCUT2D eigenvalue weighted by atomic mass is 9.68. The Balaban J connectivity index is 0.000000172. The molecule has 0 atom stereocenters. The van der Waals surface area contributed by atoms with Gasteiger partial charge in [0.05, 0.1) is 6.61 Å². The molecular weight excluding hydrogens is 1330 g/mol. The fourth-order valence-electron chi connectivity index (χ4n) is 21.3. The number of allylic oxidation sites excluding steroid dienone is 2. The maximum atomic E-state index is 14.8. The molecule has 7 aliphatic rings. The Morgan fingerprint density at radius 3 is 1.04 bits per heavy atom. The summed E-state index contributed by atoms with van der Waals surface area (Å²) in [5, 5.41) is 0. The minimum absolute atomic E-state index is 0.166. The van der Waals surface area contributed by atoms with Gasteiger partial charge in [0.25, 0.3) is 0 Å². The van der Waals surface area contributed by atoms with Gasteiger partial charge in [-0.3, -0.25) is 0 Å². The first-order chi connectivity index (χ1) is 53.4. The molecule has 5 aromatic carbocycles. The Labute approximate surface area is 671 Å². The van der Waals surface area contributed by atoms with Crippen LogP contribution in [-0.2, 0) is 19.3 Å². The number of hydrogen-bond acceptors (Lipinski definition) is 1. The zero-order chi connectivity index (χ0) is 77.2. The van der Waals surface area contributed by atoms with Crippen LogP contribution in [0.5, 0.6) is 5.75 Å². The Hall–Kier alpha value is -4.50. The number of unbranched alkanes of at least 4 members (excludes halogenated alkanes) is 3. The SMILES string of the molecule is CCCC1CCC(/C=C/C2CCC(CCC)CC2)CC1.CCCC1CCC(C2CCC(c3ccc(OCC)cc3)CC2)CC1.CCCC1CCC(CCC2CCC(CCC)CC2)CC1.CCCCC1CCC(c2ccc(-c3ccc(CC)cc3)c(F)c2F)CC1.CCCCCc1ccc(-c2ccc(CC)cc2)cc1. The topological polar surface area (TPSA) is 9.23 Å². The smallest absolute Gasteiger partial charge is 0.166 e. The third kappa shape index (κ3) is 31.7. The lowest BCUT2D eigenvalue weighted by molar-refractivity contribution is 0.156. The van der Waals surface area contributed by atoms with Crippen molar-refractivity contribution in [3.8, 4) is 28.0 Å². The number of ether oxygens (including phenoxy) is 1. The van der Waals surface area contributed by atoms with Crippen molar-refractivity contribution in [2.45, 2.75) is 396 Å². The van der Waals surface area contributed by atoms with E-state index in [2.05, 4.69) is 147 Å². The van der Waals surface area contributed by atoms with Crippen molar-refractivity contribution in [2.24, 2.45) is 71.0 Å². The molecule has 0 spiro atoms. The molecular formula is C106H164F2O. The van der Waals surface area contributed by atoms with Crippen LogP contribution in [0.2, 0.25) is 0 Å². The van der Waals surface area contributed by atoms with Crippen molar-refractivity contribution in [1.29, 1.82) is 0 Å². The molecule has 0 N–H and O–H groups in total. The molecule has 7 aliphatic carbocycles. The van der Waals surface area contributed by atoms with E-state index in [1.807, 2.05) is 37.3 Å². The average molecular weight is 1490 g/mol. The third-order valence-electron chi connectivity index (χ3n) is 28.6. The minimum atomic E-state index is -0.695. The number of benzene rings is 5. The van der Waals surface area contributed by atoms with E-state index in [0.717, 1.165) is 133 Å². The van der Waals surface area contributed by atoms with Crippen LogP contribution >= 0.6 is 0 Å². The predicted molar refractivity (Wildman–Crippen MR) is 472 cm³/mol. The monoisotopic (exact) mass is 1490 g/mol. The van der Waals surface area contributed by atoms with E-state index in [1.165, 1.54) is 245 Å². The van der Waals surface area contributed by atoms with Gasteiger partial charge < -0.3 is 4.74 Å². The first kappa shape index (κ1) is 90.0. The van der Waals surface area contributed by atoms with Gasteiger partial charge in [0.1, 0.15) is 5.75 Å². The zero-order valence-corrected chi connectivity index (χ0v) is 72.1. The van der Waals surface area contributed by atoms with Crippen LogP contribution < -0.4 is 4.74 Å². The Kier molecular flexibility index (Phi) is 43.0. The van der Waals surface area contributed by atoms with Gasteiger partial charge in [-0.2, -0.15) is 0 Å². The van der Waals surface area contributed by atoms with Crippen molar-refractivity contribution in [3.05, 3.63) is 161 Å². The normalized spacial score (nSPS) is 26.5. The third-order valence-corrected chi connectivity index (χ3v) is 28.6. The highest BCUT2D eigenvalue weighted by molar-refractivity contribution is 5.66. The van der Waals surface area contributed by atoms with Gasteiger partial charge in [0.15, 0.2) is 11.6 Å². The van der Waals surface area contributed by atoms with Crippen molar-refractivity contribution in [3.63, 3.8) is 0 Å². The maximum absolute atomic E-state index is 14.8. The lowest BCUT2D eigenvalue weighted by Gasteiger charge is -2.38. The van der Waals surface area contributed by atoms with E-state index in [0.29, 0.717) is 11.1 Å². The molecule has 0 saturated heterocycles. The van der Waals surface area contributed by atoms with E-state index >= 15 is 0 Å². The summed E-state index contributed by atoms with van der Waals surface area (Å²) in [6.07, 6.45) is 73.9. The molecule has 3 heteroatoms. The number of rotatable bonds is 31.